The van der Waals surface area contributed by atoms with E-state index in [0.29, 0.717) is 19.6 Å². The third-order valence-electron chi connectivity index (χ3n) is 3.60. The number of hydrogen-bond acceptors (Lipinski definition) is 6. The van der Waals surface area contributed by atoms with E-state index in [4.69, 9.17) is 0 Å². The van der Waals surface area contributed by atoms with Gasteiger partial charge in [0.15, 0.2) is 0 Å². The third-order valence-corrected chi connectivity index (χ3v) is 6.52. The van der Waals surface area contributed by atoms with E-state index in [1.807, 2.05) is 0 Å². The molecule has 0 bridgehead atoms. The molecule has 0 aromatic carbocycles. The van der Waals surface area contributed by atoms with Crippen LogP contribution in [0, 0.1) is 10.1 Å². The van der Waals surface area contributed by atoms with Crippen LogP contribution >= 0.6 is 11.3 Å². The molecule has 1 N–H and O–H groups in total. The Morgan fingerprint density at radius 2 is 2.10 bits per heavy atom. The second-order valence-corrected chi connectivity index (χ2v) is 8.36. The van der Waals surface area contributed by atoms with E-state index < -0.39 is 10.0 Å². The molecule has 0 spiro atoms. The Morgan fingerprint density at radius 1 is 1.43 bits per heavy atom. The molecule has 1 fully saturated rings. The lowest BCUT2D eigenvalue weighted by Crippen LogP contribution is -2.45. The Labute approximate surface area is 128 Å². The minimum Gasteiger partial charge on any atom is -0.309 e. The van der Waals surface area contributed by atoms with Gasteiger partial charge in [-0.15, -0.1) is 0 Å². The first kappa shape index (κ1) is 16.3. The fourth-order valence-electron chi connectivity index (χ4n) is 2.33. The molecule has 7 nitrogen and oxygen atoms in total. The molecular formula is C12H19N3O4S2. The average Bonchev–Trinajstić information content (AvgIpc) is 2.95. The number of nitrogens with one attached hydrogen (secondary N) is 1. The van der Waals surface area contributed by atoms with Gasteiger partial charge in [-0.05, 0) is 25.8 Å². The molecule has 1 aromatic heterocycles. The van der Waals surface area contributed by atoms with Crippen molar-refractivity contribution in [2.75, 3.05) is 18.8 Å². The van der Waals surface area contributed by atoms with E-state index in [9.17, 15) is 18.5 Å². The van der Waals surface area contributed by atoms with Crippen LogP contribution in [-0.2, 0) is 16.6 Å². The largest absolute Gasteiger partial charge is 0.324 e. The molecule has 0 saturated carbocycles. The predicted octanol–water partition coefficient (Wildman–Crippen LogP) is 1.56. The third kappa shape index (κ3) is 4.22. The predicted molar refractivity (Wildman–Crippen MR) is 81.9 cm³/mol. The first-order valence-corrected chi connectivity index (χ1v) is 9.29. The van der Waals surface area contributed by atoms with Gasteiger partial charge in [0.1, 0.15) is 0 Å². The highest BCUT2D eigenvalue weighted by Crippen LogP contribution is 2.24. The zero-order chi connectivity index (χ0) is 15.5. The Balaban J connectivity index is 1.80. The van der Waals surface area contributed by atoms with E-state index in [0.717, 1.165) is 17.7 Å². The maximum absolute atomic E-state index is 11.8. The van der Waals surface area contributed by atoms with Crippen LogP contribution in [-0.4, -0.2) is 42.5 Å². The summed E-state index contributed by atoms with van der Waals surface area (Å²) < 4.78 is 25.0. The molecule has 0 aliphatic carbocycles. The SMILES string of the molecule is CCS(=O)(=O)N1CCC(NCc2ccc([N+](=O)[O-])s2)CC1. The molecule has 0 amide bonds. The van der Waals surface area contributed by atoms with Crippen LogP contribution in [0.4, 0.5) is 5.00 Å². The minimum absolute atomic E-state index is 0.143. The molecule has 118 valence electrons. The summed E-state index contributed by atoms with van der Waals surface area (Å²) in [5.74, 6) is 0.143. The van der Waals surface area contributed by atoms with Crippen LogP contribution in [0.25, 0.3) is 0 Å². The molecule has 1 aliphatic heterocycles. The number of piperidine rings is 1. The molecule has 0 unspecified atom stereocenters. The van der Waals surface area contributed by atoms with Gasteiger partial charge in [-0.2, -0.15) is 0 Å². The smallest absolute Gasteiger partial charge is 0.309 e. The van der Waals surface area contributed by atoms with Crippen molar-refractivity contribution in [1.82, 2.24) is 9.62 Å². The summed E-state index contributed by atoms with van der Waals surface area (Å²) in [7, 11) is -3.09. The minimum atomic E-state index is -3.09. The maximum atomic E-state index is 11.8. The topological polar surface area (TPSA) is 92.6 Å². The van der Waals surface area contributed by atoms with Crippen LogP contribution in [0.3, 0.4) is 0 Å². The van der Waals surface area contributed by atoms with Gasteiger partial charge in [0, 0.05) is 36.6 Å². The van der Waals surface area contributed by atoms with E-state index in [-0.39, 0.29) is 21.7 Å². The molecule has 2 rings (SSSR count). The van der Waals surface area contributed by atoms with Crippen molar-refractivity contribution in [3.05, 3.63) is 27.1 Å². The number of rotatable bonds is 6. The zero-order valence-electron chi connectivity index (χ0n) is 11.8. The van der Waals surface area contributed by atoms with Crippen molar-refractivity contribution in [3.63, 3.8) is 0 Å². The molecule has 1 aliphatic rings. The number of nitro groups is 1. The number of sulfonamides is 1. The zero-order valence-corrected chi connectivity index (χ0v) is 13.5. The molecule has 2 heterocycles. The first-order chi connectivity index (χ1) is 9.92. The molecule has 0 atom stereocenters. The van der Waals surface area contributed by atoms with Gasteiger partial charge in [0.05, 0.1) is 10.7 Å². The van der Waals surface area contributed by atoms with Crippen molar-refractivity contribution in [3.8, 4) is 0 Å². The molecule has 1 aromatic rings. The highest BCUT2D eigenvalue weighted by atomic mass is 32.2. The van der Waals surface area contributed by atoms with Crippen LogP contribution in [0.1, 0.15) is 24.6 Å². The van der Waals surface area contributed by atoms with E-state index in [2.05, 4.69) is 5.32 Å². The van der Waals surface area contributed by atoms with Gasteiger partial charge in [-0.25, -0.2) is 12.7 Å². The van der Waals surface area contributed by atoms with Crippen LogP contribution in [0.5, 0.6) is 0 Å². The summed E-state index contributed by atoms with van der Waals surface area (Å²) in [5, 5.41) is 14.1. The summed E-state index contributed by atoms with van der Waals surface area (Å²) >= 11 is 1.17. The first-order valence-electron chi connectivity index (χ1n) is 6.86. The fourth-order valence-corrected chi connectivity index (χ4v) is 4.23. The van der Waals surface area contributed by atoms with Gasteiger partial charge in [-0.3, -0.25) is 10.1 Å². The number of thiophene rings is 1. The Hall–Kier alpha value is -1.03. The van der Waals surface area contributed by atoms with Crippen molar-refractivity contribution in [2.45, 2.75) is 32.4 Å². The second kappa shape index (κ2) is 6.82. The average molecular weight is 333 g/mol. The highest BCUT2D eigenvalue weighted by Gasteiger charge is 2.26. The standard InChI is InChI=1S/C12H19N3O4S2/c1-2-21(18,19)14-7-5-10(6-8-14)13-9-11-3-4-12(20-11)15(16)17/h3-4,10,13H,2,5-9H2,1H3. The summed E-state index contributed by atoms with van der Waals surface area (Å²) in [6.45, 7) is 3.32. The Bertz CT molecular complexity index is 591. The number of hydrogen-bond donors (Lipinski definition) is 1. The molecule has 0 radical (unpaired) electrons. The van der Waals surface area contributed by atoms with E-state index in [1.54, 1.807) is 17.3 Å². The van der Waals surface area contributed by atoms with Crippen molar-refractivity contribution in [1.29, 1.82) is 0 Å². The molecule has 1 saturated heterocycles. The molecular weight excluding hydrogens is 314 g/mol. The van der Waals surface area contributed by atoms with E-state index in [1.165, 1.54) is 17.4 Å². The molecule has 21 heavy (non-hydrogen) atoms. The second-order valence-electron chi connectivity index (χ2n) is 4.95. The normalized spacial score (nSPS) is 18.0. The van der Waals surface area contributed by atoms with Gasteiger partial charge < -0.3 is 5.32 Å². The van der Waals surface area contributed by atoms with Crippen molar-refractivity contribution < 1.29 is 13.3 Å². The van der Waals surface area contributed by atoms with Gasteiger partial charge in [0.2, 0.25) is 10.0 Å². The monoisotopic (exact) mass is 333 g/mol. The molecule has 9 heteroatoms. The fraction of sp³-hybridized carbons (Fsp3) is 0.667. The lowest BCUT2D eigenvalue weighted by Gasteiger charge is -2.31. The number of nitrogens with zero attached hydrogens (tertiary/aromatic N) is 2. The highest BCUT2D eigenvalue weighted by molar-refractivity contribution is 7.89. The Kier molecular flexibility index (Phi) is 5.31. The van der Waals surface area contributed by atoms with E-state index >= 15 is 0 Å². The van der Waals surface area contributed by atoms with Crippen LogP contribution in [0.15, 0.2) is 12.1 Å². The Morgan fingerprint density at radius 3 is 2.62 bits per heavy atom. The summed E-state index contributed by atoms with van der Waals surface area (Å²) in [6.07, 6.45) is 1.54. The summed E-state index contributed by atoms with van der Waals surface area (Å²) in [6, 6.07) is 3.53. The van der Waals surface area contributed by atoms with Gasteiger partial charge in [-0.1, -0.05) is 11.3 Å². The van der Waals surface area contributed by atoms with Crippen LogP contribution < -0.4 is 5.32 Å². The lowest BCUT2D eigenvalue weighted by molar-refractivity contribution is -0.380. The maximum Gasteiger partial charge on any atom is 0.324 e. The van der Waals surface area contributed by atoms with Crippen molar-refractivity contribution in [2.24, 2.45) is 0 Å². The van der Waals surface area contributed by atoms with Crippen molar-refractivity contribution >= 4 is 26.4 Å². The van der Waals surface area contributed by atoms with Gasteiger partial charge >= 0.3 is 5.00 Å². The quantitative estimate of drug-likeness (QED) is 0.630. The lowest BCUT2D eigenvalue weighted by atomic mass is 10.1. The van der Waals surface area contributed by atoms with Crippen LogP contribution in [0.2, 0.25) is 0 Å². The van der Waals surface area contributed by atoms with Gasteiger partial charge in [0.25, 0.3) is 0 Å². The summed E-state index contributed by atoms with van der Waals surface area (Å²) in [4.78, 5) is 11.1. The summed E-state index contributed by atoms with van der Waals surface area (Å²) in [5.41, 5.74) is 0.